The molecule has 5 heteroatoms. The highest BCUT2D eigenvalue weighted by Crippen LogP contribution is 2.17. The van der Waals surface area contributed by atoms with Gasteiger partial charge in [-0.15, -0.1) is 0 Å². The van der Waals surface area contributed by atoms with E-state index < -0.39 is 0 Å². The standard InChI is InChI=1S/C11H16N4O/c1-9-6-10(8-14-16)7-13-11(9)15-4-2-12-3-5-15/h6-8,12,16H,2-5H2,1H3/b14-8-. The summed E-state index contributed by atoms with van der Waals surface area (Å²) in [5, 5.41) is 14.8. The molecule has 0 saturated carbocycles. The number of hydrogen-bond acceptors (Lipinski definition) is 5. The van der Waals surface area contributed by atoms with E-state index in [0.717, 1.165) is 43.1 Å². The van der Waals surface area contributed by atoms with Crippen LogP contribution in [-0.4, -0.2) is 42.6 Å². The largest absolute Gasteiger partial charge is 0.411 e. The van der Waals surface area contributed by atoms with E-state index in [-0.39, 0.29) is 0 Å². The first-order valence-electron chi connectivity index (χ1n) is 5.41. The van der Waals surface area contributed by atoms with Gasteiger partial charge in [-0.1, -0.05) is 5.16 Å². The summed E-state index contributed by atoms with van der Waals surface area (Å²) in [6, 6.07) is 1.98. The molecule has 0 unspecified atom stereocenters. The Hall–Kier alpha value is -1.62. The molecule has 0 spiro atoms. The Morgan fingerprint density at radius 2 is 2.25 bits per heavy atom. The molecule has 0 radical (unpaired) electrons. The summed E-state index contributed by atoms with van der Waals surface area (Å²) in [5.41, 5.74) is 1.93. The van der Waals surface area contributed by atoms with Crippen molar-refractivity contribution in [2.24, 2.45) is 5.16 Å². The Kier molecular flexibility index (Phi) is 3.36. The van der Waals surface area contributed by atoms with Gasteiger partial charge in [-0.3, -0.25) is 0 Å². The zero-order chi connectivity index (χ0) is 11.4. The minimum Gasteiger partial charge on any atom is -0.411 e. The minimum atomic E-state index is 0.818. The lowest BCUT2D eigenvalue weighted by molar-refractivity contribution is 0.322. The van der Waals surface area contributed by atoms with Gasteiger partial charge in [-0.25, -0.2) is 4.98 Å². The van der Waals surface area contributed by atoms with E-state index in [1.54, 1.807) is 6.20 Å². The fourth-order valence-electron chi connectivity index (χ4n) is 1.93. The van der Waals surface area contributed by atoms with Crippen LogP contribution in [0.15, 0.2) is 17.4 Å². The fraction of sp³-hybridized carbons (Fsp3) is 0.455. The number of hydrogen-bond donors (Lipinski definition) is 2. The number of aryl methyl sites for hydroxylation is 1. The van der Waals surface area contributed by atoms with Gasteiger partial charge >= 0.3 is 0 Å². The Morgan fingerprint density at radius 3 is 2.88 bits per heavy atom. The Balaban J connectivity index is 2.21. The molecule has 86 valence electrons. The maximum atomic E-state index is 8.45. The molecular weight excluding hydrogens is 204 g/mol. The molecule has 2 heterocycles. The summed E-state index contributed by atoms with van der Waals surface area (Å²) in [7, 11) is 0. The maximum absolute atomic E-state index is 8.45. The van der Waals surface area contributed by atoms with E-state index in [9.17, 15) is 0 Å². The molecule has 0 aromatic carbocycles. The number of pyridine rings is 1. The molecule has 16 heavy (non-hydrogen) atoms. The van der Waals surface area contributed by atoms with Gasteiger partial charge in [0, 0.05) is 37.9 Å². The molecule has 2 N–H and O–H groups in total. The van der Waals surface area contributed by atoms with Crippen LogP contribution < -0.4 is 10.2 Å². The van der Waals surface area contributed by atoms with E-state index in [0.29, 0.717) is 0 Å². The molecule has 0 aliphatic carbocycles. The van der Waals surface area contributed by atoms with Crippen LogP contribution in [-0.2, 0) is 0 Å². The third kappa shape index (κ3) is 2.30. The van der Waals surface area contributed by atoms with Crippen LogP contribution >= 0.6 is 0 Å². The van der Waals surface area contributed by atoms with Crippen molar-refractivity contribution in [1.82, 2.24) is 10.3 Å². The van der Waals surface area contributed by atoms with E-state index in [2.05, 4.69) is 20.4 Å². The van der Waals surface area contributed by atoms with Gasteiger partial charge in [0.25, 0.3) is 0 Å². The van der Waals surface area contributed by atoms with Crippen LogP contribution in [0.25, 0.3) is 0 Å². The number of oxime groups is 1. The average molecular weight is 220 g/mol. The van der Waals surface area contributed by atoms with Crippen molar-refractivity contribution < 1.29 is 5.21 Å². The van der Waals surface area contributed by atoms with Crippen molar-refractivity contribution >= 4 is 12.0 Å². The lowest BCUT2D eigenvalue weighted by Crippen LogP contribution is -2.44. The van der Waals surface area contributed by atoms with E-state index >= 15 is 0 Å². The summed E-state index contributed by atoms with van der Waals surface area (Å²) in [6.07, 6.45) is 3.12. The summed E-state index contributed by atoms with van der Waals surface area (Å²) in [4.78, 5) is 6.69. The topological polar surface area (TPSA) is 60.8 Å². The highest BCUT2D eigenvalue weighted by Gasteiger charge is 2.13. The zero-order valence-electron chi connectivity index (χ0n) is 9.35. The summed E-state index contributed by atoms with van der Waals surface area (Å²) >= 11 is 0. The highest BCUT2D eigenvalue weighted by atomic mass is 16.4. The SMILES string of the molecule is Cc1cc(/C=N\O)cnc1N1CCNCC1. The molecule has 1 fully saturated rings. The van der Waals surface area contributed by atoms with Crippen LogP contribution in [0.5, 0.6) is 0 Å². The predicted molar refractivity (Wildman–Crippen MR) is 63.4 cm³/mol. The summed E-state index contributed by atoms with van der Waals surface area (Å²) < 4.78 is 0. The van der Waals surface area contributed by atoms with Crippen molar-refractivity contribution in [1.29, 1.82) is 0 Å². The predicted octanol–water partition coefficient (Wildman–Crippen LogP) is 0.608. The van der Waals surface area contributed by atoms with Crippen LogP contribution in [0.2, 0.25) is 0 Å². The molecule has 1 aliphatic rings. The molecule has 1 aromatic rings. The maximum Gasteiger partial charge on any atom is 0.131 e. The fourth-order valence-corrected chi connectivity index (χ4v) is 1.93. The summed E-state index contributed by atoms with van der Waals surface area (Å²) in [6.45, 7) is 6.00. The number of nitrogens with zero attached hydrogens (tertiary/aromatic N) is 3. The molecule has 1 saturated heterocycles. The Morgan fingerprint density at radius 1 is 1.50 bits per heavy atom. The van der Waals surface area contributed by atoms with Crippen molar-refractivity contribution in [2.45, 2.75) is 6.92 Å². The Labute approximate surface area is 94.8 Å². The first-order valence-corrected chi connectivity index (χ1v) is 5.41. The lowest BCUT2D eigenvalue weighted by atomic mass is 10.2. The molecule has 1 aromatic heterocycles. The molecule has 0 bridgehead atoms. The number of aromatic nitrogens is 1. The van der Waals surface area contributed by atoms with Gasteiger partial charge in [0.2, 0.25) is 0 Å². The van der Waals surface area contributed by atoms with Crippen molar-refractivity contribution in [3.63, 3.8) is 0 Å². The van der Waals surface area contributed by atoms with E-state index in [1.807, 2.05) is 13.0 Å². The van der Waals surface area contributed by atoms with Gasteiger partial charge in [0.15, 0.2) is 0 Å². The molecule has 0 amide bonds. The quantitative estimate of drug-likeness (QED) is 0.435. The second-order valence-electron chi connectivity index (χ2n) is 3.89. The molecule has 2 rings (SSSR count). The third-order valence-corrected chi connectivity index (χ3v) is 2.70. The van der Waals surface area contributed by atoms with Gasteiger partial charge in [0.05, 0.1) is 6.21 Å². The highest BCUT2D eigenvalue weighted by molar-refractivity contribution is 5.79. The van der Waals surface area contributed by atoms with Crippen molar-refractivity contribution in [3.05, 3.63) is 23.4 Å². The number of piperazine rings is 1. The average Bonchev–Trinajstić information content (AvgIpc) is 2.31. The minimum absolute atomic E-state index is 0.818. The van der Waals surface area contributed by atoms with Crippen LogP contribution in [0, 0.1) is 6.92 Å². The molecule has 1 aliphatic heterocycles. The van der Waals surface area contributed by atoms with Crippen LogP contribution in [0.4, 0.5) is 5.82 Å². The Bertz CT molecular complexity index is 386. The normalized spacial score (nSPS) is 16.9. The molecule has 5 nitrogen and oxygen atoms in total. The summed E-state index contributed by atoms with van der Waals surface area (Å²) in [5.74, 6) is 1.02. The molecule has 0 atom stereocenters. The second kappa shape index (κ2) is 4.94. The van der Waals surface area contributed by atoms with Gasteiger partial charge in [-0.2, -0.15) is 0 Å². The number of rotatable bonds is 2. The van der Waals surface area contributed by atoms with Crippen LogP contribution in [0.1, 0.15) is 11.1 Å². The van der Waals surface area contributed by atoms with E-state index in [1.165, 1.54) is 6.21 Å². The van der Waals surface area contributed by atoms with E-state index in [4.69, 9.17) is 5.21 Å². The van der Waals surface area contributed by atoms with Gasteiger partial charge in [0.1, 0.15) is 5.82 Å². The number of nitrogens with one attached hydrogen (secondary N) is 1. The smallest absolute Gasteiger partial charge is 0.131 e. The monoisotopic (exact) mass is 220 g/mol. The number of anilines is 1. The first-order chi connectivity index (χ1) is 7.81. The van der Waals surface area contributed by atoms with Crippen molar-refractivity contribution in [2.75, 3.05) is 31.1 Å². The second-order valence-corrected chi connectivity index (χ2v) is 3.89. The zero-order valence-corrected chi connectivity index (χ0v) is 9.35. The first kappa shape index (κ1) is 10.9. The van der Waals surface area contributed by atoms with Gasteiger partial charge in [-0.05, 0) is 18.6 Å². The van der Waals surface area contributed by atoms with Gasteiger partial charge < -0.3 is 15.4 Å². The third-order valence-electron chi connectivity index (χ3n) is 2.70. The lowest BCUT2D eigenvalue weighted by Gasteiger charge is -2.29. The molecular formula is C11H16N4O. The van der Waals surface area contributed by atoms with Crippen LogP contribution in [0.3, 0.4) is 0 Å². The van der Waals surface area contributed by atoms with Crippen molar-refractivity contribution in [3.8, 4) is 0 Å².